The Morgan fingerprint density at radius 1 is 1.44 bits per heavy atom. The van der Waals surface area contributed by atoms with Crippen molar-refractivity contribution in [2.24, 2.45) is 0 Å². The average molecular weight is 262 g/mol. The van der Waals surface area contributed by atoms with Gasteiger partial charge in [-0.2, -0.15) is 13.2 Å². The van der Waals surface area contributed by atoms with Crippen molar-refractivity contribution in [3.63, 3.8) is 0 Å². The molecule has 18 heavy (non-hydrogen) atoms. The summed E-state index contributed by atoms with van der Waals surface area (Å²) in [6.07, 6.45) is -5.38. The van der Waals surface area contributed by atoms with E-state index >= 15 is 0 Å². The number of carbonyl (C=O) groups excluding carboxylic acids is 1. The zero-order chi connectivity index (χ0) is 13.8. The molecule has 0 aromatic heterocycles. The van der Waals surface area contributed by atoms with Crippen LogP contribution < -0.4 is 15.8 Å². The van der Waals surface area contributed by atoms with Gasteiger partial charge in [0.05, 0.1) is 24.8 Å². The van der Waals surface area contributed by atoms with E-state index < -0.39 is 25.0 Å². The maximum absolute atomic E-state index is 11.9. The first kappa shape index (κ1) is 14.1. The smallest absolute Gasteiger partial charge is 0.390 e. The number of carbonyl (C=O) groups is 1. The number of nitrogens with two attached hydrogens (primary N) is 1. The first-order valence-electron chi connectivity index (χ1n) is 5.12. The standard InChI is InChI=1S/C11H13F3N2O2/c1-18-8-4-2-3-7(9(8)15)10(17)16-6-5-11(12,13)14/h2-4H,5-6,15H2,1H3,(H,16,17). The molecule has 0 saturated carbocycles. The molecule has 0 heterocycles. The molecule has 3 N–H and O–H groups in total. The van der Waals surface area contributed by atoms with E-state index in [0.717, 1.165) is 0 Å². The van der Waals surface area contributed by atoms with Crippen molar-refractivity contribution >= 4 is 11.6 Å². The molecule has 1 aromatic carbocycles. The third-order valence-corrected chi connectivity index (χ3v) is 2.22. The molecule has 1 aromatic rings. The van der Waals surface area contributed by atoms with E-state index in [9.17, 15) is 18.0 Å². The number of alkyl halides is 3. The number of anilines is 1. The summed E-state index contributed by atoms with van der Waals surface area (Å²) in [5.74, 6) is -0.353. The van der Waals surface area contributed by atoms with Crippen LogP contribution in [0.3, 0.4) is 0 Å². The molecule has 0 aliphatic carbocycles. The highest BCUT2D eigenvalue weighted by molar-refractivity contribution is 6.00. The third-order valence-electron chi connectivity index (χ3n) is 2.22. The lowest BCUT2D eigenvalue weighted by atomic mass is 10.1. The van der Waals surface area contributed by atoms with E-state index in [2.05, 4.69) is 5.32 Å². The molecule has 1 rings (SSSR count). The van der Waals surface area contributed by atoms with Crippen LogP contribution in [0.25, 0.3) is 0 Å². The van der Waals surface area contributed by atoms with Gasteiger partial charge in [0.1, 0.15) is 5.75 Å². The Labute approximate surface area is 102 Å². The molecule has 0 bridgehead atoms. The number of hydrogen-bond donors (Lipinski definition) is 2. The Morgan fingerprint density at radius 2 is 2.11 bits per heavy atom. The number of amides is 1. The average Bonchev–Trinajstić information content (AvgIpc) is 2.27. The Balaban J connectivity index is 2.68. The minimum Gasteiger partial charge on any atom is -0.495 e. The number of para-hydroxylation sites is 1. The summed E-state index contributed by atoms with van der Waals surface area (Å²) in [7, 11) is 1.39. The van der Waals surface area contributed by atoms with Crippen molar-refractivity contribution in [3.05, 3.63) is 23.8 Å². The van der Waals surface area contributed by atoms with E-state index in [4.69, 9.17) is 10.5 Å². The Morgan fingerprint density at radius 3 is 2.67 bits per heavy atom. The van der Waals surface area contributed by atoms with E-state index in [1.807, 2.05) is 0 Å². The van der Waals surface area contributed by atoms with Gasteiger partial charge in [0.15, 0.2) is 0 Å². The van der Waals surface area contributed by atoms with Crippen LogP contribution in [-0.2, 0) is 0 Å². The van der Waals surface area contributed by atoms with Crippen LogP contribution in [0.2, 0.25) is 0 Å². The fraction of sp³-hybridized carbons (Fsp3) is 0.364. The predicted molar refractivity (Wildman–Crippen MR) is 60.4 cm³/mol. The Kier molecular flexibility index (Phi) is 4.41. The quantitative estimate of drug-likeness (QED) is 0.815. The summed E-state index contributed by atoms with van der Waals surface area (Å²) in [4.78, 5) is 11.6. The van der Waals surface area contributed by atoms with Crippen molar-refractivity contribution in [2.75, 3.05) is 19.4 Å². The minimum absolute atomic E-state index is 0.0940. The number of nitrogen functional groups attached to an aromatic ring is 1. The first-order valence-corrected chi connectivity index (χ1v) is 5.12. The number of ether oxygens (including phenoxy) is 1. The number of halogens is 3. The molecular weight excluding hydrogens is 249 g/mol. The van der Waals surface area contributed by atoms with Crippen LogP contribution in [0, 0.1) is 0 Å². The van der Waals surface area contributed by atoms with Crippen molar-refractivity contribution in [1.82, 2.24) is 5.32 Å². The number of rotatable bonds is 4. The van der Waals surface area contributed by atoms with Crippen LogP contribution >= 0.6 is 0 Å². The highest BCUT2D eigenvalue weighted by atomic mass is 19.4. The van der Waals surface area contributed by atoms with E-state index in [0.29, 0.717) is 5.75 Å². The van der Waals surface area contributed by atoms with Crippen LogP contribution in [0.4, 0.5) is 18.9 Å². The van der Waals surface area contributed by atoms with Gasteiger partial charge in [-0.1, -0.05) is 6.07 Å². The molecule has 4 nitrogen and oxygen atoms in total. The summed E-state index contributed by atoms with van der Waals surface area (Å²) >= 11 is 0. The normalized spacial score (nSPS) is 11.1. The van der Waals surface area contributed by atoms with Gasteiger partial charge in [0.2, 0.25) is 0 Å². The molecule has 0 radical (unpaired) electrons. The number of hydrogen-bond acceptors (Lipinski definition) is 3. The monoisotopic (exact) mass is 262 g/mol. The molecule has 1 amide bonds. The molecule has 0 spiro atoms. The van der Waals surface area contributed by atoms with Gasteiger partial charge in [-0.15, -0.1) is 0 Å². The maximum atomic E-state index is 11.9. The second kappa shape index (κ2) is 5.61. The van der Waals surface area contributed by atoms with Crippen LogP contribution in [0.1, 0.15) is 16.8 Å². The number of benzene rings is 1. The Hall–Kier alpha value is -1.92. The van der Waals surface area contributed by atoms with Gasteiger partial charge in [0, 0.05) is 6.54 Å². The molecule has 0 unspecified atom stereocenters. The topological polar surface area (TPSA) is 64.3 Å². The molecule has 0 saturated heterocycles. The molecule has 0 fully saturated rings. The number of nitrogens with one attached hydrogen (secondary N) is 1. The van der Waals surface area contributed by atoms with Crippen molar-refractivity contribution in [3.8, 4) is 5.75 Å². The van der Waals surface area contributed by atoms with Gasteiger partial charge >= 0.3 is 6.18 Å². The second-order valence-corrected chi connectivity index (χ2v) is 3.54. The molecular formula is C11H13F3N2O2. The fourth-order valence-electron chi connectivity index (χ4n) is 1.33. The van der Waals surface area contributed by atoms with E-state index in [-0.39, 0.29) is 11.3 Å². The van der Waals surface area contributed by atoms with Crippen molar-refractivity contribution in [2.45, 2.75) is 12.6 Å². The van der Waals surface area contributed by atoms with E-state index in [1.165, 1.54) is 19.2 Å². The summed E-state index contributed by atoms with van der Waals surface area (Å²) in [6, 6.07) is 4.51. The van der Waals surface area contributed by atoms with Crippen LogP contribution in [0.5, 0.6) is 5.75 Å². The molecule has 0 atom stereocenters. The summed E-state index contributed by atoms with van der Waals surface area (Å²) in [6.45, 7) is -0.487. The number of methoxy groups -OCH3 is 1. The van der Waals surface area contributed by atoms with E-state index in [1.54, 1.807) is 6.07 Å². The van der Waals surface area contributed by atoms with Crippen molar-refractivity contribution in [1.29, 1.82) is 0 Å². The maximum Gasteiger partial charge on any atom is 0.390 e. The van der Waals surface area contributed by atoms with Gasteiger partial charge < -0.3 is 15.8 Å². The second-order valence-electron chi connectivity index (χ2n) is 3.54. The first-order chi connectivity index (χ1) is 8.35. The van der Waals surface area contributed by atoms with Gasteiger partial charge in [-0.05, 0) is 12.1 Å². The fourth-order valence-corrected chi connectivity index (χ4v) is 1.33. The summed E-state index contributed by atoms with van der Waals surface area (Å²) < 4.78 is 40.6. The Bertz CT molecular complexity index is 433. The summed E-state index contributed by atoms with van der Waals surface area (Å²) in [5.41, 5.74) is 5.84. The molecule has 100 valence electrons. The highest BCUT2D eigenvalue weighted by Crippen LogP contribution is 2.24. The molecule has 7 heteroatoms. The van der Waals surface area contributed by atoms with Crippen LogP contribution in [-0.4, -0.2) is 25.7 Å². The zero-order valence-electron chi connectivity index (χ0n) is 9.67. The largest absolute Gasteiger partial charge is 0.495 e. The highest BCUT2D eigenvalue weighted by Gasteiger charge is 2.26. The third kappa shape index (κ3) is 3.83. The summed E-state index contributed by atoms with van der Waals surface area (Å²) in [5, 5.41) is 2.15. The van der Waals surface area contributed by atoms with Gasteiger partial charge in [-0.25, -0.2) is 0 Å². The lowest BCUT2D eigenvalue weighted by Crippen LogP contribution is -2.28. The van der Waals surface area contributed by atoms with Gasteiger partial charge in [0.25, 0.3) is 5.91 Å². The van der Waals surface area contributed by atoms with Gasteiger partial charge in [-0.3, -0.25) is 4.79 Å². The van der Waals surface area contributed by atoms with Crippen LogP contribution in [0.15, 0.2) is 18.2 Å². The minimum atomic E-state index is -4.30. The zero-order valence-corrected chi connectivity index (χ0v) is 9.67. The lowest BCUT2D eigenvalue weighted by molar-refractivity contribution is -0.132. The van der Waals surface area contributed by atoms with Crippen molar-refractivity contribution < 1.29 is 22.7 Å². The predicted octanol–water partition coefficient (Wildman–Crippen LogP) is 1.96. The SMILES string of the molecule is COc1cccc(C(=O)NCCC(F)(F)F)c1N. The molecule has 0 aliphatic rings. The molecule has 0 aliphatic heterocycles. The lowest BCUT2D eigenvalue weighted by Gasteiger charge is -2.11.